The summed E-state index contributed by atoms with van der Waals surface area (Å²) in [5.41, 5.74) is 6.57. The molecule has 0 spiro atoms. The molecule has 2 amide bonds. The lowest BCUT2D eigenvalue weighted by molar-refractivity contribution is 0.132. The number of carbonyl (C=O) groups excluding carboxylic acids is 1. The van der Waals surface area contributed by atoms with Crippen LogP contribution >= 0.6 is 0 Å². The van der Waals surface area contributed by atoms with Gasteiger partial charge in [-0.1, -0.05) is 18.2 Å². The lowest BCUT2D eigenvalue weighted by atomic mass is 10.0. The van der Waals surface area contributed by atoms with Gasteiger partial charge in [-0.2, -0.15) is 0 Å². The summed E-state index contributed by atoms with van der Waals surface area (Å²) < 4.78 is 5.34. The summed E-state index contributed by atoms with van der Waals surface area (Å²) >= 11 is 0. The van der Waals surface area contributed by atoms with Gasteiger partial charge in [-0.3, -0.25) is 0 Å². The molecule has 0 atom stereocenters. The van der Waals surface area contributed by atoms with E-state index in [1.165, 1.54) is 0 Å². The van der Waals surface area contributed by atoms with E-state index in [1.54, 1.807) is 12.0 Å². The number of piperidine rings is 1. The molecule has 0 bridgehead atoms. The summed E-state index contributed by atoms with van der Waals surface area (Å²) in [6.45, 7) is 2.51. The van der Waals surface area contributed by atoms with Gasteiger partial charge < -0.3 is 20.3 Å². The van der Waals surface area contributed by atoms with E-state index < -0.39 is 0 Å². The van der Waals surface area contributed by atoms with E-state index in [0.29, 0.717) is 6.54 Å². The van der Waals surface area contributed by atoms with Crippen molar-refractivity contribution in [3.05, 3.63) is 29.8 Å². The summed E-state index contributed by atoms with van der Waals surface area (Å²) in [6, 6.07) is 7.62. The highest BCUT2D eigenvalue weighted by Gasteiger charge is 2.26. The van der Waals surface area contributed by atoms with Crippen molar-refractivity contribution in [3.63, 3.8) is 0 Å². The van der Waals surface area contributed by atoms with Crippen LogP contribution in [0.25, 0.3) is 0 Å². The summed E-state index contributed by atoms with van der Waals surface area (Å²) in [5, 5.41) is 0. The Morgan fingerprint density at radius 3 is 2.65 bits per heavy atom. The van der Waals surface area contributed by atoms with Crippen LogP contribution < -0.4 is 10.5 Å². The molecule has 0 saturated carbocycles. The molecule has 1 aromatic carbocycles. The number of amides is 2. The number of likely N-dealkylation sites (tertiary alicyclic amines) is 1. The highest BCUT2D eigenvalue weighted by molar-refractivity contribution is 5.72. The average Bonchev–Trinajstić information content (AvgIpc) is 2.46. The van der Waals surface area contributed by atoms with E-state index in [2.05, 4.69) is 11.9 Å². The van der Waals surface area contributed by atoms with Gasteiger partial charge in [0.2, 0.25) is 0 Å². The summed E-state index contributed by atoms with van der Waals surface area (Å²) in [7, 11) is 3.74. The second kappa shape index (κ2) is 6.61. The first kappa shape index (κ1) is 14.7. The highest BCUT2D eigenvalue weighted by Crippen LogP contribution is 2.23. The minimum atomic E-state index is -0.356. The number of rotatable bonds is 4. The maximum absolute atomic E-state index is 11.8. The third kappa shape index (κ3) is 3.42. The first-order valence-corrected chi connectivity index (χ1v) is 6.98. The molecule has 2 rings (SSSR count). The van der Waals surface area contributed by atoms with E-state index in [4.69, 9.17) is 10.5 Å². The van der Waals surface area contributed by atoms with Crippen LogP contribution in [0.5, 0.6) is 5.75 Å². The van der Waals surface area contributed by atoms with Crippen LogP contribution in [0, 0.1) is 0 Å². The topological polar surface area (TPSA) is 58.8 Å². The predicted octanol–water partition coefficient (Wildman–Crippen LogP) is 1.67. The Labute approximate surface area is 120 Å². The van der Waals surface area contributed by atoms with Crippen LogP contribution in [0.15, 0.2) is 24.3 Å². The van der Waals surface area contributed by atoms with Gasteiger partial charge >= 0.3 is 6.03 Å². The number of urea groups is 1. The van der Waals surface area contributed by atoms with E-state index in [-0.39, 0.29) is 12.1 Å². The third-order valence-corrected chi connectivity index (χ3v) is 3.95. The Hall–Kier alpha value is -1.75. The van der Waals surface area contributed by atoms with Crippen LogP contribution in [0.1, 0.15) is 18.4 Å². The Balaban J connectivity index is 2.11. The number of benzene rings is 1. The van der Waals surface area contributed by atoms with Crippen molar-refractivity contribution in [2.24, 2.45) is 5.73 Å². The number of para-hydroxylation sites is 1. The Bertz CT molecular complexity index is 456. The van der Waals surface area contributed by atoms with Crippen molar-refractivity contribution in [1.82, 2.24) is 9.80 Å². The van der Waals surface area contributed by atoms with Gasteiger partial charge in [0.05, 0.1) is 13.7 Å². The number of hydrogen-bond donors (Lipinski definition) is 1. The summed E-state index contributed by atoms with van der Waals surface area (Å²) in [5.74, 6) is 0.798. The SMILES string of the molecule is COc1ccccc1CN(C(N)=O)C1CCN(C)CC1. The Morgan fingerprint density at radius 1 is 1.40 bits per heavy atom. The lowest BCUT2D eigenvalue weighted by Crippen LogP contribution is -2.48. The van der Waals surface area contributed by atoms with E-state index in [9.17, 15) is 4.79 Å². The zero-order valence-electron chi connectivity index (χ0n) is 12.2. The van der Waals surface area contributed by atoms with Gasteiger partial charge in [-0.15, -0.1) is 0 Å². The van der Waals surface area contributed by atoms with Crippen molar-refractivity contribution in [2.45, 2.75) is 25.4 Å². The fourth-order valence-corrected chi connectivity index (χ4v) is 2.71. The molecule has 0 radical (unpaired) electrons. The van der Waals surface area contributed by atoms with Gasteiger partial charge in [0.25, 0.3) is 0 Å². The molecule has 0 aliphatic carbocycles. The molecule has 1 saturated heterocycles. The number of nitrogens with two attached hydrogens (primary N) is 1. The first-order valence-electron chi connectivity index (χ1n) is 6.98. The minimum Gasteiger partial charge on any atom is -0.496 e. The van der Waals surface area contributed by atoms with Crippen LogP contribution in [0.2, 0.25) is 0 Å². The fraction of sp³-hybridized carbons (Fsp3) is 0.533. The third-order valence-electron chi connectivity index (χ3n) is 3.95. The van der Waals surface area contributed by atoms with Gasteiger partial charge in [-0.05, 0) is 39.0 Å². The van der Waals surface area contributed by atoms with E-state index >= 15 is 0 Å². The highest BCUT2D eigenvalue weighted by atomic mass is 16.5. The predicted molar refractivity (Wildman–Crippen MR) is 78.6 cm³/mol. The second-order valence-electron chi connectivity index (χ2n) is 5.31. The number of ether oxygens (including phenoxy) is 1. The Kier molecular flexibility index (Phi) is 4.84. The van der Waals surface area contributed by atoms with Crippen molar-refractivity contribution in [2.75, 3.05) is 27.2 Å². The van der Waals surface area contributed by atoms with Gasteiger partial charge in [0, 0.05) is 11.6 Å². The maximum Gasteiger partial charge on any atom is 0.315 e. The summed E-state index contributed by atoms with van der Waals surface area (Å²) in [4.78, 5) is 15.8. The molecule has 1 aliphatic rings. The largest absolute Gasteiger partial charge is 0.496 e. The fourth-order valence-electron chi connectivity index (χ4n) is 2.71. The van der Waals surface area contributed by atoms with Gasteiger partial charge in [0.15, 0.2) is 0 Å². The van der Waals surface area contributed by atoms with Crippen LogP contribution in [0.4, 0.5) is 4.79 Å². The smallest absolute Gasteiger partial charge is 0.315 e. The van der Waals surface area contributed by atoms with E-state index in [1.807, 2.05) is 24.3 Å². The van der Waals surface area contributed by atoms with Gasteiger partial charge in [0.1, 0.15) is 5.75 Å². The molecule has 1 heterocycles. The number of primary amides is 1. The quantitative estimate of drug-likeness (QED) is 0.910. The minimum absolute atomic E-state index is 0.216. The van der Waals surface area contributed by atoms with Crippen molar-refractivity contribution in [3.8, 4) is 5.75 Å². The molecule has 2 N–H and O–H groups in total. The molecule has 0 aromatic heterocycles. The maximum atomic E-state index is 11.8. The number of hydrogen-bond acceptors (Lipinski definition) is 3. The summed E-state index contributed by atoms with van der Waals surface area (Å²) in [6.07, 6.45) is 1.93. The monoisotopic (exact) mass is 277 g/mol. The molecular weight excluding hydrogens is 254 g/mol. The van der Waals surface area contributed by atoms with Crippen LogP contribution in [-0.2, 0) is 6.54 Å². The molecular formula is C15H23N3O2. The van der Waals surface area contributed by atoms with Crippen molar-refractivity contribution >= 4 is 6.03 Å². The van der Waals surface area contributed by atoms with Crippen molar-refractivity contribution in [1.29, 1.82) is 0 Å². The zero-order valence-corrected chi connectivity index (χ0v) is 12.2. The zero-order chi connectivity index (χ0) is 14.5. The molecule has 0 unspecified atom stereocenters. The van der Waals surface area contributed by atoms with Crippen molar-refractivity contribution < 1.29 is 9.53 Å². The molecule has 5 heteroatoms. The molecule has 1 aliphatic heterocycles. The molecule has 5 nitrogen and oxygen atoms in total. The molecule has 1 aromatic rings. The normalized spacial score (nSPS) is 16.9. The first-order chi connectivity index (χ1) is 9.61. The van der Waals surface area contributed by atoms with Crippen LogP contribution in [0.3, 0.4) is 0 Å². The standard InChI is InChI=1S/C15H23N3O2/c1-17-9-7-13(8-10-17)18(15(16)19)11-12-5-3-4-6-14(12)20-2/h3-6,13H,7-11H2,1-2H3,(H2,16,19). The average molecular weight is 277 g/mol. The van der Waals surface area contributed by atoms with Crippen LogP contribution in [-0.4, -0.2) is 49.1 Å². The number of nitrogens with zero attached hydrogens (tertiary/aromatic N) is 2. The Morgan fingerprint density at radius 2 is 2.05 bits per heavy atom. The number of methoxy groups -OCH3 is 1. The molecule has 20 heavy (non-hydrogen) atoms. The van der Waals surface area contributed by atoms with Gasteiger partial charge in [-0.25, -0.2) is 4.79 Å². The number of carbonyl (C=O) groups is 1. The molecule has 110 valence electrons. The molecule has 1 fully saturated rings. The lowest BCUT2D eigenvalue weighted by Gasteiger charge is -2.36. The van der Waals surface area contributed by atoms with E-state index in [0.717, 1.165) is 37.2 Å². The second-order valence-corrected chi connectivity index (χ2v) is 5.31.